The number of carbonyl (C=O) groups is 1. The Bertz CT molecular complexity index is 829. The molecule has 0 saturated heterocycles. The van der Waals surface area contributed by atoms with E-state index < -0.39 is 10.0 Å². The summed E-state index contributed by atoms with van der Waals surface area (Å²) in [6.45, 7) is 5.97. The molecule has 1 amide bonds. The molecule has 0 fully saturated rings. The monoisotopic (exact) mass is 365 g/mol. The van der Waals surface area contributed by atoms with E-state index in [1.807, 2.05) is 12.3 Å². The smallest absolute Gasteiger partial charge is 0.251 e. The maximum Gasteiger partial charge on any atom is 0.251 e. The van der Waals surface area contributed by atoms with Gasteiger partial charge in [0.1, 0.15) is 0 Å². The molecule has 128 valence electrons. The highest BCUT2D eigenvalue weighted by Gasteiger charge is 2.15. The third-order valence-electron chi connectivity index (χ3n) is 3.16. The van der Waals surface area contributed by atoms with Crippen LogP contribution < -0.4 is 10.0 Å². The Morgan fingerprint density at radius 3 is 2.88 bits per heavy atom. The summed E-state index contributed by atoms with van der Waals surface area (Å²) in [4.78, 5) is 16.5. The SMILES string of the molecule is C=CCNS(=O)(=O)c1cccc(C(=O)NCCc2csc(C)n2)c1. The quantitative estimate of drug-likeness (QED) is 0.699. The normalized spacial score (nSPS) is 11.2. The van der Waals surface area contributed by atoms with Crippen LogP contribution in [0.5, 0.6) is 0 Å². The predicted molar refractivity (Wildman–Crippen MR) is 94.7 cm³/mol. The van der Waals surface area contributed by atoms with Crippen molar-refractivity contribution < 1.29 is 13.2 Å². The molecule has 2 N–H and O–H groups in total. The van der Waals surface area contributed by atoms with E-state index in [9.17, 15) is 13.2 Å². The van der Waals surface area contributed by atoms with E-state index in [1.54, 1.807) is 23.5 Å². The minimum absolute atomic E-state index is 0.0483. The highest BCUT2D eigenvalue weighted by atomic mass is 32.2. The van der Waals surface area contributed by atoms with Crippen LogP contribution in [0.4, 0.5) is 0 Å². The molecule has 6 nitrogen and oxygen atoms in total. The van der Waals surface area contributed by atoms with Crippen molar-refractivity contribution in [3.63, 3.8) is 0 Å². The van der Waals surface area contributed by atoms with Gasteiger partial charge in [-0.1, -0.05) is 12.1 Å². The van der Waals surface area contributed by atoms with E-state index >= 15 is 0 Å². The van der Waals surface area contributed by atoms with Crippen LogP contribution in [0.2, 0.25) is 0 Å². The Hall–Kier alpha value is -2.03. The number of aromatic nitrogens is 1. The molecular formula is C16H19N3O3S2. The number of amides is 1. The van der Waals surface area contributed by atoms with Crippen molar-refractivity contribution in [1.29, 1.82) is 0 Å². The summed E-state index contributed by atoms with van der Waals surface area (Å²) in [6, 6.07) is 5.92. The number of nitrogens with zero attached hydrogens (tertiary/aromatic N) is 1. The molecule has 0 radical (unpaired) electrons. The van der Waals surface area contributed by atoms with Crippen LogP contribution in [0.3, 0.4) is 0 Å². The molecule has 0 bridgehead atoms. The van der Waals surface area contributed by atoms with Gasteiger partial charge in [-0.3, -0.25) is 4.79 Å². The minimum Gasteiger partial charge on any atom is -0.352 e. The van der Waals surface area contributed by atoms with Gasteiger partial charge < -0.3 is 5.32 Å². The Morgan fingerprint density at radius 2 is 2.21 bits per heavy atom. The molecule has 1 heterocycles. The molecule has 0 aliphatic carbocycles. The first kappa shape index (κ1) is 18.3. The van der Waals surface area contributed by atoms with E-state index in [-0.39, 0.29) is 17.3 Å². The lowest BCUT2D eigenvalue weighted by Gasteiger charge is -2.08. The van der Waals surface area contributed by atoms with Crippen LogP contribution in [-0.2, 0) is 16.4 Å². The average Bonchev–Trinajstić information content (AvgIpc) is 2.98. The van der Waals surface area contributed by atoms with Crippen LogP contribution >= 0.6 is 11.3 Å². The molecule has 0 aliphatic heterocycles. The zero-order valence-corrected chi connectivity index (χ0v) is 14.9. The number of rotatable bonds is 8. The lowest BCUT2D eigenvalue weighted by molar-refractivity contribution is 0.0954. The summed E-state index contributed by atoms with van der Waals surface area (Å²) >= 11 is 1.57. The van der Waals surface area contributed by atoms with E-state index in [4.69, 9.17) is 0 Å². The number of carbonyl (C=O) groups excluding carboxylic acids is 1. The summed E-state index contributed by atoms with van der Waals surface area (Å²) in [5, 5.41) is 5.72. The highest BCUT2D eigenvalue weighted by Crippen LogP contribution is 2.12. The molecule has 0 unspecified atom stereocenters. The summed E-state index contributed by atoms with van der Waals surface area (Å²) in [5.41, 5.74) is 1.23. The zero-order chi connectivity index (χ0) is 17.6. The largest absolute Gasteiger partial charge is 0.352 e. The predicted octanol–water partition coefficient (Wildman–Crippen LogP) is 1.89. The Morgan fingerprint density at radius 1 is 1.42 bits per heavy atom. The molecule has 0 spiro atoms. The fourth-order valence-electron chi connectivity index (χ4n) is 1.99. The van der Waals surface area contributed by atoms with Crippen molar-refractivity contribution in [2.24, 2.45) is 0 Å². The Balaban J connectivity index is 1.99. The molecule has 0 aliphatic rings. The maximum atomic E-state index is 12.2. The lowest BCUT2D eigenvalue weighted by Crippen LogP contribution is -2.27. The number of hydrogen-bond acceptors (Lipinski definition) is 5. The number of hydrogen-bond donors (Lipinski definition) is 2. The first-order valence-electron chi connectivity index (χ1n) is 7.32. The molecule has 24 heavy (non-hydrogen) atoms. The molecule has 1 aromatic carbocycles. The zero-order valence-electron chi connectivity index (χ0n) is 13.3. The number of thiazole rings is 1. The van der Waals surface area contributed by atoms with Gasteiger partial charge in [0.2, 0.25) is 10.0 Å². The van der Waals surface area contributed by atoms with Crippen molar-refractivity contribution >= 4 is 27.3 Å². The van der Waals surface area contributed by atoms with Crippen LogP contribution in [0.25, 0.3) is 0 Å². The first-order valence-corrected chi connectivity index (χ1v) is 9.68. The Kier molecular flexibility index (Phi) is 6.24. The Labute approximate surface area is 145 Å². The van der Waals surface area contributed by atoms with E-state index in [1.165, 1.54) is 18.2 Å². The molecule has 2 rings (SSSR count). The molecule has 0 atom stereocenters. The molecular weight excluding hydrogens is 346 g/mol. The van der Waals surface area contributed by atoms with Crippen molar-refractivity contribution in [2.75, 3.05) is 13.1 Å². The summed E-state index contributed by atoms with van der Waals surface area (Å²) < 4.78 is 26.5. The maximum absolute atomic E-state index is 12.2. The van der Waals surface area contributed by atoms with Crippen LogP contribution in [0.1, 0.15) is 21.1 Å². The van der Waals surface area contributed by atoms with Gasteiger partial charge >= 0.3 is 0 Å². The van der Waals surface area contributed by atoms with Crippen molar-refractivity contribution in [3.8, 4) is 0 Å². The number of aryl methyl sites for hydroxylation is 1. The molecule has 8 heteroatoms. The van der Waals surface area contributed by atoms with Gasteiger partial charge in [0.05, 0.1) is 15.6 Å². The van der Waals surface area contributed by atoms with Gasteiger partial charge in [0.25, 0.3) is 5.91 Å². The fraction of sp³-hybridized carbons (Fsp3) is 0.250. The third kappa shape index (κ3) is 4.98. The topological polar surface area (TPSA) is 88.2 Å². The second kappa shape index (κ2) is 8.18. The van der Waals surface area contributed by atoms with Gasteiger partial charge in [0, 0.05) is 30.5 Å². The fourth-order valence-corrected chi connectivity index (χ4v) is 3.68. The van der Waals surface area contributed by atoms with Crippen LogP contribution in [-0.4, -0.2) is 32.4 Å². The third-order valence-corrected chi connectivity index (χ3v) is 5.40. The standard InChI is InChI=1S/C16H19N3O3S2/c1-3-8-18-24(21,22)15-6-4-5-13(10-15)16(20)17-9-7-14-11-23-12(2)19-14/h3-6,10-11,18H,1,7-9H2,2H3,(H,17,20). The van der Waals surface area contributed by atoms with E-state index in [2.05, 4.69) is 21.6 Å². The second-order valence-corrected chi connectivity index (χ2v) is 7.86. The van der Waals surface area contributed by atoms with Gasteiger partial charge in [-0.15, -0.1) is 17.9 Å². The van der Waals surface area contributed by atoms with E-state index in [0.717, 1.165) is 10.7 Å². The number of sulfonamides is 1. The minimum atomic E-state index is -3.65. The molecule has 0 saturated carbocycles. The van der Waals surface area contributed by atoms with Crippen molar-refractivity contribution in [1.82, 2.24) is 15.0 Å². The lowest BCUT2D eigenvalue weighted by atomic mass is 10.2. The van der Waals surface area contributed by atoms with Crippen LogP contribution in [0.15, 0.2) is 47.2 Å². The van der Waals surface area contributed by atoms with Crippen molar-refractivity contribution in [3.05, 3.63) is 58.6 Å². The molecule has 2 aromatic rings. The van der Waals surface area contributed by atoms with Gasteiger partial charge in [-0.25, -0.2) is 18.1 Å². The number of nitrogens with one attached hydrogen (secondary N) is 2. The van der Waals surface area contributed by atoms with Crippen molar-refractivity contribution in [2.45, 2.75) is 18.2 Å². The number of benzene rings is 1. The molecule has 1 aromatic heterocycles. The van der Waals surface area contributed by atoms with Gasteiger partial charge in [0.15, 0.2) is 0 Å². The summed E-state index contributed by atoms with van der Waals surface area (Å²) in [6.07, 6.45) is 2.09. The van der Waals surface area contributed by atoms with Gasteiger partial charge in [-0.2, -0.15) is 0 Å². The average molecular weight is 365 g/mol. The highest BCUT2D eigenvalue weighted by molar-refractivity contribution is 7.89. The van der Waals surface area contributed by atoms with Crippen LogP contribution in [0, 0.1) is 6.92 Å². The summed E-state index contributed by atoms with van der Waals surface area (Å²) in [7, 11) is -3.65. The second-order valence-electron chi connectivity index (χ2n) is 5.03. The summed E-state index contributed by atoms with van der Waals surface area (Å²) in [5.74, 6) is -0.317. The van der Waals surface area contributed by atoms with Gasteiger partial charge in [-0.05, 0) is 25.1 Å². The van der Waals surface area contributed by atoms with E-state index in [0.29, 0.717) is 18.5 Å². The first-order chi connectivity index (χ1) is 11.4.